The number of rotatable bonds is 8. The number of aromatic nitrogens is 2. The molecule has 156 valence electrons. The van der Waals surface area contributed by atoms with Gasteiger partial charge >= 0.3 is 0 Å². The summed E-state index contributed by atoms with van der Waals surface area (Å²) >= 11 is 2.91. The van der Waals surface area contributed by atoms with E-state index in [0.29, 0.717) is 45.3 Å². The van der Waals surface area contributed by atoms with Gasteiger partial charge in [0.15, 0.2) is 0 Å². The number of thiophene rings is 1. The number of hydrogen-bond donors (Lipinski definition) is 1. The van der Waals surface area contributed by atoms with Gasteiger partial charge in [-0.25, -0.2) is 4.98 Å². The summed E-state index contributed by atoms with van der Waals surface area (Å²) in [5, 5.41) is 0.487. The van der Waals surface area contributed by atoms with Crippen molar-refractivity contribution in [1.29, 1.82) is 0 Å². The molecule has 30 heavy (non-hydrogen) atoms. The molecule has 0 unspecified atom stereocenters. The van der Waals surface area contributed by atoms with Gasteiger partial charge in [0.05, 0.1) is 16.0 Å². The molecule has 0 radical (unpaired) electrons. The number of H-pyrrole nitrogens is 1. The van der Waals surface area contributed by atoms with Crippen LogP contribution in [0.5, 0.6) is 0 Å². The zero-order valence-corrected chi connectivity index (χ0v) is 19.1. The van der Waals surface area contributed by atoms with Crippen LogP contribution in [-0.2, 0) is 5.75 Å². The highest BCUT2D eigenvalue weighted by molar-refractivity contribution is 7.98. The monoisotopic (exact) mass is 439 g/mol. The second-order valence-electron chi connectivity index (χ2n) is 7.09. The van der Waals surface area contributed by atoms with E-state index in [1.807, 2.05) is 0 Å². The lowest BCUT2D eigenvalue weighted by Gasteiger charge is -2.18. The number of thioether (sulfide) groups is 1. The first-order valence-corrected chi connectivity index (χ1v) is 11.4. The molecule has 0 spiro atoms. The van der Waals surface area contributed by atoms with Crippen LogP contribution < -0.4 is 5.56 Å². The van der Waals surface area contributed by atoms with E-state index in [9.17, 15) is 9.59 Å². The summed E-state index contributed by atoms with van der Waals surface area (Å²) in [6.45, 7) is 14.2. The number of carbonyl (C=O) groups excluding carboxylic acids is 1. The van der Waals surface area contributed by atoms with Gasteiger partial charge in [-0.15, -0.1) is 36.3 Å². The fraction of sp³-hybridized carbons (Fsp3) is 0.261. The summed E-state index contributed by atoms with van der Waals surface area (Å²) in [5.41, 5.74) is 2.85. The Morgan fingerprint density at radius 3 is 2.60 bits per heavy atom. The Morgan fingerprint density at radius 1 is 1.23 bits per heavy atom. The molecule has 1 amide bonds. The summed E-state index contributed by atoms with van der Waals surface area (Å²) < 4.78 is 0. The summed E-state index contributed by atoms with van der Waals surface area (Å²) in [7, 11) is 0. The lowest BCUT2D eigenvalue weighted by atomic mass is 10.2. The minimum absolute atomic E-state index is 0.138. The van der Waals surface area contributed by atoms with Crippen molar-refractivity contribution in [2.75, 3.05) is 13.1 Å². The largest absolute Gasteiger partial charge is 0.331 e. The molecular formula is C23H25N3O2S2. The van der Waals surface area contributed by atoms with Crippen molar-refractivity contribution in [1.82, 2.24) is 14.9 Å². The van der Waals surface area contributed by atoms with Crippen molar-refractivity contribution < 1.29 is 4.79 Å². The molecule has 0 bridgehead atoms. The Hall–Kier alpha value is -2.64. The number of benzene rings is 1. The number of nitrogens with one attached hydrogen (secondary N) is 1. The molecule has 7 heteroatoms. The van der Waals surface area contributed by atoms with Crippen molar-refractivity contribution in [3.8, 4) is 0 Å². The first kappa shape index (κ1) is 22.1. The van der Waals surface area contributed by atoms with Crippen LogP contribution in [0, 0.1) is 20.8 Å². The van der Waals surface area contributed by atoms with Gasteiger partial charge in [-0.2, -0.15) is 0 Å². The third-order valence-corrected chi connectivity index (χ3v) is 7.08. The maximum absolute atomic E-state index is 13.0. The zero-order chi connectivity index (χ0) is 21.8. The molecule has 0 saturated heterocycles. The minimum atomic E-state index is -0.205. The molecule has 1 aromatic carbocycles. The zero-order valence-electron chi connectivity index (χ0n) is 17.4. The number of nitrogens with zero attached hydrogens (tertiary/aromatic N) is 2. The fourth-order valence-electron chi connectivity index (χ4n) is 3.17. The van der Waals surface area contributed by atoms with E-state index < -0.39 is 0 Å². The van der Waals surface area contributed by atoms with Crippen molar-refractivity contribution in [2.45, 2.75) is 31.4 Å². The smallest absolute Gasteiger partial charge is 0.264 e. The first-order valence-electron chi connectivity index (χ1n) is 9.59. The van der Waals surface area contributed by atoms with E-state index in [4.69, 9.17) is 0 Å². The Kier molecular flexibility index (Phi) is 6.95. The van der Waals surface area contributed by atoms with E-state index in [1.54, 1.807) is 35.7 Å². The molecule has 0 aliphatic heterocycles. The molecule has 0 saturated carbocycles. The highest BCUT2D eigenvalue weighted by Crippen LogP contribution is 2.30. The summed E-state index contributed by atoms with van der Waals surface area (Å²) in [6.07, 6.45) is 3.36. The van der Waals surface area contributed by atoms with Gasteiger partial charge in [-0.05, 0) is 38.0 Å². The van der Waals surface area contributed by atoms with Crippen LogP contribution in [0.25, 0.3) is 10.2 Å². The van der Waals surface area contributed by atoms with Gasteiger partial charge in [0.25, 0.3) is 11.5 Å². The van der Waals surface area contributed by atoms with E-state index in [1.165, 1.54) is 27.4 Å². The molecule has 0 atom stereocenters. The topological polar surface area (TPSA) is 66.1 Å². The van der Waals surface area contributed by atoms with Crippen LogP contribution in [-0.4, -0.2) is 33.9 Å². The average molecular weight is 440 g/mol. The van der Waals surface area contributed by atoms with Crippen molar-refractivity contribution in [3.05, 3.63) is 81.3 Å². The number of amides is 1. The second kappa shape index (κ2) is 9.45. The molecule has 2 heterocycles. The quantitative estimate of drug-likeness (QED) is 0.395. The van der Waals surface area contributed by atoms with Crippen molar-refractivity contribution >= 4 is 39.2 Å². The highest BCUT2D eigenvalue weighted by atomic mass is 32.2. The lowest BCUT2D eigenvalue weighted by molar-refractivity contribution is 0.0795. The number of carbonyl (C=O) groups is 1. The predicted octanol–water partition coefficient (Wildman–Crippen LogP) is 5.02. The summed E-state index contributed by atoms with van der Waals surface area (Å²) in [5.74, 6) is 1.02. The van der Waals surface area contributed by atoms with E-state index >= 15 is 0 Å². The molecular weight excluding hydrogens is 414 g/mol. The van der Waals surface area contributed by atoms with Gasteiger partial charge in [0.1, 0.15) is 10.7 Å². The molecule has 5 nitrogen and oxygen atoms in total. The van der Waals surface area contributed by atoms with Crippen LogP contribution in [0.2, 0.25) is 0 Å². The van der Waals surface area contributed by atoms with Gasteiger partial charge in [-0.1, -0.05) is 29.8 Å². The van der Waals surface area contributed by atoms with Gasteiger partial charge in [-0.3, -0.25) is 9.59 Å². The first-order chi connectivity index (χ1) is 14.3. The fourth-order valence-corrected chi connectivity index (χ4v) is 5.33. The maximum Gasteiger partial charge on any atom is 0.264 e. The summed E-state index contributed by atoms with van der Waals surface area (Å²) in [6, 6.07) is 6.31. The van der Waals surface area contributed by atoms with Crippen LogP contribution in [0.3, 0.4) is 0 Å². The number of aryl methyl sites for hydroxylation is 3. The van der Waals surface area contributed by atoms with Crippen molar-refractivity contribution in [3.63, 3.8) is 0 Å². The number of hydrogen-bond acceptors (Lipinski definition) is 5. The Bertz CT molecular complexity index is 1170. The normalized spacial score (nSPS) is 10.9. The number of fused-ring (bicyclic) bond motifs is 1. The molecule has 1 N–H and O–H groups in total. The Balaban J connectivity index is 1.93. The Morgan fingerprint density at radius 2 is 1.93 bits per heavy atom. The molecule has 3 aromatic rings. The van der Waals surface area contributed by atoms with Gasteiger partial charge in [0.2, 0.25) is 0 Å². The molecule has 3 rings (SSSR count). The minimum Gasteiger partial charge on any atom is -0.331 e. The van der Waals surface area contributed by atoms with E-state index in [-0.39, 0.29) is 11.5 Å². The summed E-state index contributed by atoms with van der Waals surface area (Å²) in [4.78, 5) is 37.2. The average Bonchev–Trinajstić information content (AvgIpc) is 3.05. The van der Waals surface area contributed by atoms with Crippen LogP contribution in [0.1, 0.15) is 32.2 Å². The Labute approximate surface area is 184 Å². The van der Waals surface area contributed by atoms with Crippen LogP contribution >= 0.6 is 23.1 Å². The molecule has 0 fully saturated rings. The van der Waals surface area contributed by atoms with E-state index in [2.05, 4.69) is 55.2 Å². The van der Waals surface area contributed by atoms with Crippen LogP contribution in [0.15, 0.2) is 53.2 Å². The third kappa shape index (κ3) is 4.57. The van der Waals surface area contributed by atoms with Crippen molar-refractivity contribution in [2.24, 2.45) is 0 Å². The van der Waals surface area contributed by atoms with Crippen LogP contribution in [0.4, 0.5) is 0 Å². The predicted molar refractivity (Wildman–Crippen MR) is 127 cm³/mol. The molecule has 2 aromatic heterocycles. The maximum atomic E-state index is 13.0. The molecule has 0 aliphatic rings. The SMILES string of the molecule is C=CCN(CC=C)C(=O)c1sc2nc(CSc3cc(C)ccc3C)[nH]c(=O)c2c1C. The lowest BCUT2D eigenvalue weighted by Crippen LogP contribution is -2.31. The number of aromatic amines is 1. The highest BCUT2D eigenvalue weighted by Gasteiger charge is 2.22. The van der Waals surface area contributed by atoms with Gasteiger partial charge in [0, 0.05) is 18.0 Å². The second-order valence-corrected chi connectivity index (χ2v) is 9.11. The van der Waals surface area contributed by atoms with Gasteiger partial charge < -0.3 is 9.88 Å². The third-order valence-electron chi connectivity index (χ3n) is 4.74. The molecule has 0 aliphatic carbocycles. The van der Waals surface area contributed by atoms with E-state index in [0.717, 1.165) is 0 Å². The standard InChI is InChI=1S/C23H25N3O2S2/c1-6-10-26(11-7-2)23(28)20-16(5)19-21(27)24-18(25-22(19)30-20)13-29-17-12-14(3)8-9-15(17)4/h6-9,12H,1-2,10-11,13H2,3-5H3,(H,24,25,27).